The van der Waals surface area contributed by atoms with E-state index in [-0.39, 0.29) is 11.2 Å². The van der Waals surface area contributed by atoms with E-state index in [0.717, 1.165) is 0 Å². The van der Waals surface area contributed by atoms with E-state index in [1.165, 1.54) is 18.9 Å². The van der Waals surface area contributed by atoms with Crippen molar-refractivity contribution in [2.45, 2.75) is 12.2 Å². The Morgan fingerprint density at radius 3 is 2.38 bits per heavy atom. The van der Waals surface area contributed by atoms with Gasteiger partial charge < -0.3 is 4.74 Å². The molecule has 0 saturated heterocycles. The zero-order valence-corrected chi connectivity index (χ0v) is 6.12. The number of methoxy groups -OCH3 is 1. The van der Waals surface area contributed by atoms with Gasteiger partial charge in [0.1, 0.15) is 0 Å². The van der Waals surface area contributed by atoms with Crippen LogP contribution in [0.2, 0.25) is 0 Å². The minimum atomic E-state index is -0.155. The summed E-state index contributed by atoms with van der Waals surface area (Å²) in [5.41, 5.74) is 0. The highest BCUT2D eigenvalue weighted by Crippen LogP contribution is 2.05. The summed E-state index contributed by atoms with van der Waals surface area (Å²) in [5, 5.41) is -0.0278. The maximum Gasteiger partial charge on any atom is 0.318 e. The van der Waals surface area contributed by atoms with Gasteiger partial charge in [0.05, 0.1) is 12.4 Å². The molecule has 0 amide bonds. The van der Waals surface area contributed by atoms with Crippen LogP contribution in [-0.4, -0.2) is 24.6 Å². The Kier molecular flexibility index (Phi) is 3.69. The first-order chi connectivity index (χ1) is 3.72. The molecular weight excluding hydrogens is 124 g/mol. The molecule has 2 nitrogen and oxygen atoms in total. The molecule has 0 rings (SSSR count). The van der Waals surface area contributed by atoms with Crippen LogP contribution in [-0.2, 0) is 9.53 Å². The molecule has 0 aliphatic carbocycles. The first-order valence-corrected chi connectivity index (χ1v) is 3.61. The van der Waals surface area contributed by atoms with Crippen LogP contribution in [0, 0.1) is 0 Å². The van der Waals surface area contributed by atoms with Gasteiger partial charge in [-0.2, -0.15) is 11.8 Å². The second kappa shape index (κ2) is 3.78. The van der Waals surface area contributed by atoms with E-state index in [1.807, 2.05) is 13.2 Å². The van der Waals surface area contributed by atoms with Crippen LogP contribution in [0.3, 0.4) is 0 Å². The lowest BCUT2D eigenvalue weighted by molar-refractivity contribution is -0.139. The minimum Gasteiger partial charge on any atom is -0.468 e. The molecule has 0 radical (unpaired) electrons. The number of hydrogen-bond acceptors (Lipinski definition) is 3. The van der Waals surface area contributed by atoms with Gasteiger partial charge in [-0.1, -0.05) is 0 Å². The third-order valence-corrected chi connectivity index (χ3v) is 1.79. The number of carbonyl (C=O) groups is 1. The van der Waals surface area contributed by atoms with Crippen molar-refractivity contribution in [2.75, 3.05) is 13.4 Å². The van der Waals surface area contributed by atoms with Crippen LogP contribution >= 0.6 is 11.8 Å². The molecule has 3 heteroatoms. The predicted molar refractivity (Wildman–Crippen MR) is 35.0 cm³/mol. The topological polar surface area (TPSA) is 26.3 Å². The largest absolute Gasteiger partial charge is 0.468 e. The Morgan fingerprint density at radius 1 is 1.75 bits per heavy atom. The molecule has 0 aromatic carbocycles. The molecule has 0 aromatic rings. The molecule has 0 unspecified atom stereocenters. The summed E-state index contributed by atoms with van der Waals surface area (Å²) < 4.78 is 4.44. The van der Waals surface area contributed by atoms with Crippen molar-refractivity contribution in [3.05, 3.63) is 0 Å². The number of esters is 1. The van der Waals surface area contributed by atoms with Gasteiger partial charge in [0, 0.05) is 0 Å². The van der Waals surface area contributed by atoms with E-state index >= 15 is 0 Å². The summed E-state index contributed by atoms with van der Waals surface area (Å²) in [6.45, 7) is 1.82. The molecule has 0 saturated carbocycles. The highest BCUT2D eigenvalue weighted by Gasteiger charge is 2.08. The van der Waals surface area contributed by atoms with Crippen molar-refractivity contribution >= 4 is 17.7 Å². The Balaban J connectivity index is 3.46. The molecule has 0 fully saturated rings. The van der Waals surface area contributed by atoms with Crippen molar-refractivity contribution in [2.24, 2.45) is 0 Å². The van der Waals surface area contributed by atoms with Gasteiger partial charge in [0.15, 0.2) is 0 Å². The molecule has 8 heavy (non-hydrogen) atoms. The van der Waals surface area contributed by atoms with Gasteiger partial charge >= 0.3 is 5.97 Å². The molecule has 0 heterocycles. The van der Waals surface area contributed by atoms with Crippen LogP contribution in [0.4, 0.5) is 0 Å². The van der Waals surface area contributed by atoms with Gasteiger partial charge in [0.25, 0.3) is 0 Å². The fourth-order valence-electron chi connectivity index (χ4n) is 0.262. The van der Waals surface area contributed by atoms with Crippen LogP contribution in [0.1, 0.15) is 6.92 Å². The van der Waals surface area contributed by atoms with E-state index in [2.05, 4.69) is 4.74 Å². The van der Waals surface area contributed by atoms with Crippen molar-refractivity contribution in [1.29, 1.82) is 0 Å². The van der Waals surface area contributed by atoms with Crippen molar-refractivity contribution in [1.82, 2.24) is 0 Å². The lowest BCUT2D eigenvalue weighted by Crippen LogP contribution is -2.13. The van der Waals surface area contributed by atoms with Gasteiger partial charge in [0.2, 0.25) is 0 Å². The zero-order valence-electron chi connectivity index (χ0n) is 5.30. The van der Waals surface area contributed by atoms with E-state index in [1.54, 1.807) is 0 Å². The normalized spacial score (nSPS) is 12.9. The third kappa shape index (κ3) is 2.21. The maximum absolute atomic E-state index is 10.5. The summed E-state index contributed by atoms with van der Waals surface area (Å²) in [5.74, 6) is -0.155. The Morgan fingerprint density at radius 2 is 2.25 bits per heavy atom. The van der Waals surface area contributed by atoms with E-state index in [0.29, 0.717) is 0 Å². The third-order valence-electron chi connectivity index (χ3n) is 0.887. The van der Waals surface area contributed by atoms with Crippen molar-refractivity contribution in [3.8, 4) is 0 Å². The molecule has 0 bridgehead atoms. The maximum atomic E-state index is 10.5. The monoisotopic (exact) mass is 134 g/mol. The fraction of sp³-hybridized carbons (Fsp3) is 0.800. The van der Waals surface area contributed by atoms with E-state index < -0.39 is 0 Å². The lowest BCUT2D eigenvalue weighted by Gasteiger charge is -2.02. The summed E-state index contributed by atoms with van der Waals surface area (Å²) in [6.07, 6.45) is 1.88. The second-order valence-corrected chi connectivity index (χ2v) is 2.58. The van der Waals surface area contributed by atoms with Crippen LogP contribution < -0.4 is 0 Å². The minimum absolute atomic E-state index is 0.0278. The average molecular weight is 134 g/mol. The number of rotatable bonds is 2. The lowest BCUT2D eigenvalue weighted by atomic mass is 10.5. The molecule has 1 atom stereocenters. The fourth-order valence-corrected chi connectivity index (χ4v) is 0.551. The second-order valence-electron chi connectivity index (χ2n) is 1.40. The molecule has 0 aliphatic heterocycles. The molecule has 0 spiro atoms. The van der Waals surface area contributed by atoms with Crippen molar-refractivity contribution < 1.29 is 9.53 Å². The Hall–Kier alpha value is -0.180. The SMILES string of the molecule is COC(=O)[C@H](C)SC. The first-order valence-electron chi connectivity index (χ1n) is 2.33. The molecular formula is C5H10O2S. The standard InChI is InChI=1S/C5H10O2S/c1-4(8-3)5(6)7-2/h4H,1-3H3/t4-/m0/s1. The van der Waals surface area contributed by atoms with E-state index in [4.69, 9.17) is 0 Å². The van der Waals surface area contributed by atoms with Crippen LogP contribution in [0.15, 0.2) is 0 Å². The van der Waals surface area contributed by atoms with Gasteiger partial charge in [-0.05, 0) is 13.2 Å². The highest BCUT2D eigenvalue weighted by atomic mass is 32.2. The predicted octanol–water partition coefficient (Wildman–Crippen LogP) is 0.911. The van der Waals surface area contributed by atoms with E-state index in [9.17, 15) is 4.79 Å². The summed E-state index contributed by atoms with van der Waals surface area (Å²) in [4.78, 5) is 10.5. The summed E-state index contributed by atoms with van der Waals surface area (Å²) in [7, 11) is 1.40. The smallest absolute Gasteiger partial charge is 0.318 e. The Labute approximate surface area is 53.6 Å². The first kappa shape index (κ1) is 7.82. The highest BCUT2D eigenvalue weighted by molar-refractivity contribution is 7.99. The quantitative estimate of drug-likeness (QED) is 0.525. The number of ether oxygens (including phenoxy) is 1. The summed E-state index contributed by atoms with van der Waals surface area (Å²) in [6, 6.07) is 0. The zero-order chi connectivity index (χ0) is 6.57. The Bertz CT molecular complexity index is 82.5. The molecule has 0 aliphatic rings. The van der Waals surface area contributed by atoms with Gasteiger partial charge in [-0.25, -0.2) is 0 Å². The molecule has 0 aromatic heterocycles. The van der Waals surface area contributed by atoms with Gasteiger partial charge in [-0.3, -0.25) is 4.79 Å². The average Bonchev–Trinajstić information content (AvgIpc) is 1.84. The van der Waals surface area contributed by atoms with Crippen LogP contribution in [0.25, 0.3) is 0 Å². The molecule has 48 valence electrons. The van der Waals surface area contributed by atoms with Crippen LogP contribution in [0.5, 0.6) is 0 Å². The number of thioether (sulfide) groups is 1. The molecule has 0 N–H and O–H groups in total. The number of hydrogen-bond donors (Lipinski definition) is 0. The number of carbonyl (C=O) groups excluding carboxylic acids is 1. The summed E-state index contributed by atoms with van der Waals surface area (Å²) >= 11 is 1.48. The van der Waals surface area contributed by atoms with Gasteiger partial charge in [-0.15, -0.1) is 0 Å². The van der Waals surface area contributed by atoms with Crippen molar-refractivity contribution in [3.63, 3.8) is 0 Å².